The van der Waals surface area contributed by atoms with Crippen molar-refractivity contribution >= 4 is 23.0 Å². The summed E-state index contributed by atoms with van der Waals surface area (Å²) in [6, 6.07) is 5.63. The zero-order chi connectivity index (χ0) is 10.1. The van der Waals surface area contributed by atoms with Crippen LogP contribution >= 0.6 is 11.6 Å². The Kier molecular flexibility index (Phi) is 2.13. The van der Waals surface area contributed by atoms with Gasteiger partial charge in [-0.2, -0.15) is 5.10 Å². The van der Waals surface area contributed by atoms with Crippen LogP contribution in [0, 0.1) is 5.41 Å². The second kappa shape index (κ2) is 3.31. The van der Waals surface area contributed by atoms with Crippen LogP contribution in [0.2, 0.25) is 5.02 Å². The second-order valence-corrected chi connectivity index (χ2v) is 3.37. The summed E-state index contributed by atoms with van der Waals surface area (Å²) in [7, 11) is 0. The van der Waals surface area contributed by atoms with Crippen molar-refractivity contribution in [2.45, 2.75) is 6.42 Å². The summed E-state index contributed by atoms with van der Waals surface area (Å²) in [5, 5.41) is 12.0. The Hall–Kier alpha value is -1.55. The molecule has 0 saturated carbocycles. The first-order chi connectivity index (χ1) is 6.68. The standard InChI is InChI=1S/C9H9ClN4/c10-9-6(5-8(11)12)13-14-4-2-1-3-7(9)14/h1-4H,5H2,(H3,11,12). The van der Waals surface area contributed by atoms with E-state index >= 15 is 0 Å². The molecule has 0 aliphatic heterocycles. The summed E-state index contributed by atoms with van der Waals surface area (Å²) in [4.78, 5) is 0. The van der Waals surface area contributed by atoms with E-state index in [-0.39, 0.29) is 5.84 Å². The second-order valence-electron chi connectivity index (χ2n) is 2.99. The molecule has 2 heterocycles. The number of nitrogens with zero attached hydrogens (tertiary/aromatic N) is 2. The van der Waals surface area contributed by atoms with Crippen LogP contribution in [0.1, 0.15) is 5.69 Å². The van der Waals surface area contributed by atoms with Gasteiger partial charge in [0.2, 0.25) is 0 Å². The molecule has 0 saturated heterocycles. The van der Waals surface area contributed by atoms with Crippen LogP contribution in [0.25, 0.3) is 5.52 Å². The average Bonchev–Trinajstić information content (AvgIpc) is 2.44. The molecular formula is C9H9ClN4. The van der Waals surface area contributed by atoms with E-state index < -0.39 is 0 Å². The highest BCUT2D eigenvalue weighted by Crippen LogP contribution is 2.21. The minimum absolute atomic E-state index is 0.0651. The molecule has 0 atom stereocenters. The SMILES string of the molecule is N=C(N)Cc1nn2ccccc2c1Cl. The van der Waals surface area contributed by atoms with Crippen molar-refractivity contribution < 1.29 is 0 Å². The number of rotatable bonds is 2. The number of hydrogen-bond acceptors (Lipinski definition) is 2. The molecule has 2 aromatic rings. The summed E-state index contributed by atoms with van der Waals surface area (Å²) in [6.45, 7) is 0. The number of amidine groups is 1. The van der Waals surface area contributed by atoms with E-state index in [4.69, 9.17) is 22.7 Å². The molecule has 3 N–H and O–H groups in total. The molecule has 2 rings (SSSR count). The molecule has 0 aromatic carbocycles. The van der Waals surface area contributed by atoms with Gasteiger partial charge in [0.1, 0.15) is 0 Å². The first kappa shape index (κ1) is 9.02. The van der Waals surface area contributed by atoms with E-state index in [2.05, 4.69) is 5.10 Å². The lowest BCUT2D eigenvalue weighted by atomic mass is 10.3. The van der Waals surface area contributed by atoms with E-state index in [1.807, 2.05) is 24.4 Å². The van der Waals surface area contributed by atoms with Crippen molar-refractivity contribution in [1.29, 1.82) is 5.41 Å². The smallest absolute Gasteiger partial charge is 0.0967 e. The molecule has 0 bridgehead atoms. The topological polar surface area (TPSA) is 67.2 Å². The van der Waals surface area contributed by atoms with Crippen LogP contribution in [0.4, 0.5) is 0 Å². The maximum atomic E-state index is 7.17. The number of nitrogens with one attached hydrogen (secondary N) is 1. The van der Waals surface area contributed by atoms with Gasteiger partial charge in [-0.05, 0) is 12.1 Å². The molecule has 5 heteroatoms. The molecular weight excluding hydrogens is 200 g/mol. The third-order valence-electron chi connectivity index (χ3n) is 1.90. The van der Waals surface area contributed by atoms with Crippen LogP contribution in [0.3, 0.4) is 0 Å². The lowest BCUT2D eigenvalue weighted by molar-refractivity contribution is 0.920. The van der Waals surface area contributed by atoms with Gasteiger partial charge in [0, 0.05) is 6.20 Å². The van der Waals surface area contributed by atoms with Gasteiger partial charge in [-0.1, -0.05) is 17.7 Å². The first-order valence-corrected chi connectivity index (χ1v) is 4.51. The van der Waals surface area contributed by atoms with E-state index in [1.165, 1.54) is 0 Å². The van der Waals surface area contributed by atoms with Gasteiger partial charge in [0.25, 0.3) is 0 Å². The number of hydrogen-bond donors (Lipinski definition) is 2. The van der Waals surface area contributed by atoms with Gasteiger partial charge in [-0.15, -0.1) is 0 Å². The van der Waals surface area contributed by atoms with Crippen LogP contribution in [-0.2, 0) is 6.42 Å². The van der Waals surface area contributed by atoms with Crippen molar-refractivity contribution in [3.05, 3.63) is 35.1 Å². The van der Waals surface area contributed by atoms with Gasteiger partial charge >= 0.3 is 0 Å². The van der Waals surface area contributed by atoms with Crippen LogP contribution in [-0.4, -0.2) is 15.4 Å². The van der Waals surface area contributed by atoms with Gasteiger partial charge < -0.3 is 5.73 Å². The van der Waals surface area contributed by atoms with E-state index in [0.717, 1.165) is 5.52 Å². The highest BCUT2D eigenvalue weighted by molar-refractivity contribution is 6.34. The number of nitrogens with two attached hydrogens (primary N) is 1. The Morgan fingerprint density at radius 1 is 1.57 bits per heavy atom. The normalized spacial score (nSPS) is 10.6. The maximum absolute atomic E-state index is 7.17. The Morgan fingerprint density at radius 2 is 2.36 bits per heavy atom. The zero-order valence-electron chi connectivity index (χ0n) is 7.37. The molecule has 4 nitrogen and oxygen atoms in total. The molecule has 72 valence electrons. The third kappa shape index (κ3) is 1.44. The largest absolute Gasteiger partial charge is 0.387 e. The zero-order valence-corrected chi connectivity index (χ0v) is 8.12. The van der Waals surface area contributed by atoms with Crippen LogP contribution in [0.5, 0.6) is 0 Å². The molecule has 0 spiro atoms. The van der Waals surface area contributed by atoms with Crippen molar-refractivity contribution in [1.82, 2.24) is 9.61 Å². The fourth-order valence-corrected chi connectivity index (χ4v) is 1.56. The van der Waals surface area contributed by atoms with Crippen LogP contribution in [0.15, 0.2) is 24.4 Å². The summed E-state index contributed by atoms with van der Waals surface area (Å²) in [5.41, 5.74) is 6.77. The monoisotopic (exact) mass is 208 g/mol. The van der Waals surface area contributed by atoms with Gasteiger partial charge in [0.15, 0.2) is 0 Å². The molecule has 14 heavy (non-hydrogen) atoms. The highest BCUT2D eigenvalue weighted by Gasteiger charge is 2.10. The maximum Gasteiger partial charge on any atom is 0.0967 e. The number of aromatic nitrogens is 2. The molecule has 0 aliphatic rings. The van der Waals surface area contributed by atoms with E-state index in [0.29, 0.717) is 17.1 Å². The Bertz CT molecular complexity index is 489. The summed E-state index contributed by atoms with van der Waals surface area (Å²) in [5.74, 6) is 0.0651. The number of pyridine rings is 1. The van der Waals surface area contributed by atoms with E-state index in [9.17, 15) is 0 Å². The predicted molar refractivity (Wildman–Crippen MR) is 55.8 cm³/mol. The summed E-state index contributed by atoms with van der Waals surface area (Å²) >= 11 is 6.07. The summed E-state index contributed by atoms with van der Waals surface area (Å²) < 4.78 is 1.68. The molecule has 0 fully saturated rings. The molecule has 0 amide bonds. The van der Waals surface area contributed by atoms with Gasteiger partial charge in [-0.3, -0.25) is 5.41 Å². The minimum atomic E-state index is 0.0651. The van der Waals surface area contributed by atoms with Crippen molar-refractivity contribution in [3.63, 3.8) is 0 Å². The molecule has 0 aliphatic carbocycles. The molecule has 0 radical (unpaired) electrons. The first-order valence-electron chi connectivity index (χ1n) is 4.13. The Balaban J connectivity index is 2.57. The average molecular weight is 209 g/mol. The highest BCUT2D eigenvalue weighted by atomic mass is 35.5. The van der Waals surface area contributed by atoms with Crippen LogP contribution < -0.4 is 5.73 Å². The predicted octanol–water partition coefficient (Wildman–Crippen LogP) is 1.47. The molecule has 0 unspecified atom stereocenters. The summed E-state index contributed by atoms with van der Waals surface area (Å²) in [6.07, 6.45) is 2.10. The van der Waals surface area contributed by atoms with Gasteiger partial charge in [-0.25, -0.2) is 4.52 Å². The molecule has 2 aromatic heterocycles. The number of fused-ring (bicyclic) bond motifs is 1. The quantitative estimate of drug-likeness (QED) is 0.580. The van der Waals surface area contributed by atoms with Crippen molar-refractivity contribution in [2.24, 2.45) is 5.73 Å². The van der Waals surface area contributed by atoms with Crippen molar-refractivity contribution in [2.75, 3.05) is 0 Å². The third-order valence-corrected chi connectivity index (χ3v) is 2.32. The van der Waals surface area contributed by atoms with E-state index in [1.54, 1.807) is 4.52 Å². The fourth-order valence-electron chi connectivity index (χ4n) is 1.31. The lowest BCUT2D eigenvalue weighted by Gasteiger charge is -1.92. The number of halogens is 1. The minimum Gasteiger partial charge on any atom is -0.387 e. The Morgan fingerprint density at radius 3 is 3.00 bits per heavy atom. The van der Waals surface area contributed by atoms with Crippen molar-refractivity contribution in [3.8, 4) is 0 Å². The lowest BCUT2D eigenvalue weighted by Crippen LogP contribution is -2.13. The Labute approximate surface area is 85.8 Å². The van der Waals surface area contributed by atoms with Gasteiger partial charge in [0.05, 0.1) is 28.5 Å². The fraction of sp³-hybridized carbons (Fsp3) is 0.111.